The Bertz CT molecular complexity index is 164. The lowest BCUT2D eigenvalue weighted by atomic mass is 10.3. The highest BCUT2D eigenvalue weighted by molar-refractivity contribution is 6.17. The zero-order chi connectivity index (χ0) is 11.9. The molecule has 0 bridgehead atoms. The molecule has 0 spiro atoms. The Hall–Kier alpha value is -0.0000000000000000555. The number of hydrogen-bond acceptors (Lipinski definition) is 2. The van der Waals surface area contributed by atoms with Crippen LogP contribution in [0.2, 0.25) is 0 Å². The highest BCUT2D eigenvalue weighted by atomic mass is 35.5. The van der Waals surface area contributed by atoms with E-state index in [0.29, 0.717) is 12.5 Å². The first kappa shape index (κ1) is 15.0. The summed E-state index contributed by atoms with van der Waals surface area (Å²) in [4.78, 5) is 1.33. The van der Waals surface area contributed by atoms with Crippen LogP contribution in [0.5, 0.6) is 0 Å². The van der Waals surface area contributed by atoms with Gasteiger partial charge in [0.25, 0.3) is 0 Å². The molecule has 92 valence electrons. The third-order valence-corrected chi connectivity index (χ3v) is 2.01. The van der Waals surface area contributed by atoms with Crippen molar-refractivity contribution in [1.29, 1.82) is 0 Å². The summed E-state index contributed by atoms with van der Waals surface area (Å²) in [5.74, 6) is 0.362. The van der Waals surface area contributed by atoms with Crippen LogP contribution in [0.1, 0.15) is 13.8 Å². The SMILES string of the molecule is CC(C)N(CCOCCCl)CC(F)(F)F. The van der Waals surface area contributed by atoms with Gasteiger partial charge in [-0.05, 0) is 13.8 Å². The minimum absolute atomic E-state index is 0.147. The summed E-state index contributed by atoms with van der Waals surface area (Å²) in [6, 6.07) is -0.147. The van der Waals surface area contributed by atoms with Gasteiger partial charge in [-0.1, -0.05) is 0 Å². The molecule has 0 aromatic rings. The average molecular weight is 248 g/mol. The van der Waals surface area contributed by atoms with Gasteiger partial charge in [-0.15, -0.1) is 11.6 Å². The molecule has 0 radical (unpaired) electrons. The van der Waals surface area contributed by atoms with Crippen LogP contribution in [-0.2, 0) is 4.74 Å². The Kier molecular flexibility index (Phi) is 7.30. The van der Waals surface area contributed by atoms with E-state index in [1.54, 1.807) is 13.8 Å². The highest BCUT2D eigenvalue weighted by Gasteiger charge is 2.31. The summed E-state index contributed by atoms with van der Waals surface area (Å²) in [6.45, 7) is 3.49. The zero-order valence-corrected chi connectivity index (χ0v) is 9.74. The van der Waals surface area contributed by atoms with Crippen LogP contribution in [0, 0.1) is 0 Å². The molecular formula is C9H17ClF3NO. The topological polar surface area (TPSA) is 12.5 Å². The van der Waals surface area contributed by atoms with Gasteiger partial charge in [0.1, 0.15) is 0 Å². The first-order chi connectivity index (χ1) is 6.87. The standard InChI is InChI=1S/C9H17ClF3NO/c1-8(2)14(7-9(11,12)13)4-6-15-5-3-10/h8H,3-7H2,1-2H3. The molecular weight excluding hydrogens is 231 g/mol. The Morgan fingerprint density at radius 3 is 2.27 bits per heavy atom. The largest absolute Gasteiger partial charge is 0.401 e. The molecule has 0 aliphatic heterocycles. The van der Waals surface area contributed by atoms with Crippen molar-refractivity contribution in [3.63, 3.8) is 0 Å². The lowest BCUT2D eigenvalue weighted by molar-refractivity contribution is -0.151. The van der Waals surface area contributed by atoms with Gasteiger partial charge in [-0.3, -0.25) is 4.90 Å². The molecule has 0 saturated heterocycles. The van der Waals surface area contributed by atoms with Crippen molar-refractivity contribution in [2.45, 2.75) is 26.1 Å². The first-order valence-corrected chi connectivity index (χ1v) is 5.34. The fourth-order valence-corrected chi connectivity index (χ4v) is 1.20. The number of alkyl halides is 4. The summed E-state index contributed by atoms with van der Waals surface area (Å²) in [5.41, 5.74) is 0. The molecule has 0 aromatic carbocycles. The second-order valence-corrected chi connectivity index (χ2v) is 3.86. The number of ether oxygens (including phenoxy) is 1. The van der Waals surface area contributed by atoms with Gasteiger partial charge in [0.05, 0.1) is 19.8 Å². The van der Waals surface area contributed by atoms with Gasteiger partial charge < -0.3 is 4.74 Å². The summed E-state index contributed by atoms with van der Waals surface area (Å²) >= 11 is 5.37. The van der Waals surface area contributed by atoms with Gasteiger partial charge in [-0.2, -0.15) is 13.2 Å². The van der Waals surface area contributed by atoms with E-state index in [2.05, 4.69) is 0 Å². The molecule has 0 heterocycles. The molecule has 0 amide bonds. The Balaban J connectivity index is 3.84. The van der Waals surface area contributed by atoms with E-state index in [1.165, 1.54) is 4.90 Å². The average Bonchev–Trinajstić information content (AvgIpc) is 2.08. The number of halogens is 4. The molecule has 0 aliphatic carbocycles. The van der Waals surface area contributed by atoms with Crippen LogP contribution in [0.25, 0.3) is 0 Å². The van der Waals surface area contributed by atoms with E-state index >= 15 is 0 Å². The van der Waals surface area contributed by atoms with Gasteiger partial charge in [-0.25, -0.2) is 0 Å². The Morgan fingerprint density at radius 1 is 1.27 bits per heavy atom. The van der Waals surface area contributed by atoms with Gasteiger partial charge >= 0.3 is 6.18 Å². The zero-order valence-electron chi connectivity index (χ0n) is 8.98. The van der Waals surface area contributed by atoms with Gasteiger partial charge in [0, 0.05) is 18.5 Å². The van der Waals surface area contributed by atoms with Crippen molar-refractivity contribution in [3.05, 3.63) is 0 Å². The van der Waals surface area contributed by atoms with Crippen molar-refractivity contribution >= 4 is 11.6 Å². The molecule has 0 atom stereocenters. The molecule has 0 fully saturated rings. The fraction of sp³-hybridized carbons (Fsp3) is 1.00. The minimum Gasteiger partial charge on any atom is -0.379 e. The third-order valence-electron chi connectivity index (χ3n) is 1.86. The van der Waals surface area contributed by atoms with Crippen LogP contribution in [0.3, 0.4) is 0 Å². The molecule has 0 aliphatic rings. The van der Waals surface area contributed by atoms with Crippen LogP contribution in [0.4, 0.5) is 13.2 Å². The van der Waals surface area contributed by atoms with Crippen LogP contribution < -0.4 is 0 Å². The molecule has 15 heavy (non-hydrogen) atoms. The highest BCUT2D eigenvalue weighted by Crippen LogP contribution is 2.17. The third kappa shape index (κ3) is 8.96. The Labute approximate surface area is 93.3 Å². The molecule has 0 unspecified atom stereocenters. The predicted molar refractivity (Wildman–Crippen MR) is 54.3 cm³/mol. The van der Waals surface area contributed by atoms with Crippen molar-refractivity contribution in [2.75, 3.05) is 32.2 Å². The number of hydrogen-bond donors (Lipinski definition) is 0. The molecule has 0 saturated carbocycles. The minimum atomic E-state index is -4.16. The molecule has 6 heteroatoms. The first-order valence-electron chi connectivity index (χ1n) is 4.81. The van der Waals surface area contributed by atoms with Crippen molar-refractivity contribution < 1.29 is 17.9 Å². The normalized spacial score (nSPS) is 12.8. The van der Waals surface area contributed by atoms with E-state index < -0.39 is 12.7 Å². The maximum absolute atomic E-state index is 12.1. The summed E-state index contributed by atoms with van der Waals surface area (Å²) < 4.78 is 41.5. The van der Waals surface area contributed by atoms with Crippen LogP contribution >= 0.6 is 11.6 Å². The van der Waals surface area contributed by atoms with Crippen molar-refractivity contribution in [2.24, 2.45) is 0 Å². The van der Waals surface area contributed by atoms with Gasteiger partial charge in [0.15, 0.2) is 0 Å². The number of rotatable bonds is 7. The molecule has 0 N–H and O–H groups in total. The smallest absolute Gasteiger partial charge is 0.379 e. The lowest BCUT2D eigenvalue weighted by Crippen LogP contribution is -2.41. The predicted octanol–water partition coefficient (Wildman–Crippen LogP) is 2.51. The van der Waals surface area contributed by atoms with Crippen molar-refractivity contribution in [3.8, 4) is 0 Å². The Morgan fingerprint density at radius 2 is 1.87 bits per heavy atom. The lowest BCUT2D eigenvalue weighted by Gasteiger charge is -2.27. The maximum Gasteiger partial charge on any atom is 0.401 e. The van der Waals surface area contributed by atoms with E-state index in [1.807, 2.05) is 0 Å². The number of nitrogens with zero attached hydrogens (tertiary/aromatic N) is 1. The maximum atomic E-state index is 12.1. The second kappa shape index (κ2) is 7.30. The fourth-order valence-electron chi connectivity index (χ4n) is 1.09. The van der Waals surface area contributed by atoms with E-state index in [9.17, 15) is 13.2 Å². The summed E-state index contributed by atoms with van der Waals surface area (Å²) in [6.07, 6.45) is -4.16. The van der Waals surface area contributed by atoms with E-state index in [-0.39, 0.29) is 19.2 Å². The monoisotopic (exact) mass is 247 g/mol. The summed E-state index contributed by atoms with van der Waals surface area (Å²) in [7, 11) is 0. The molecule has 0 aromatic heterocycles. The second-order valence-electron chi connectivity index (χ2n) is 3.48. The quantitative estimate of drug-likeness (QED) is 0.506. The van der Waals surface area contributed by atoms with E-state index in [0.717, 1.165) is 0 Å². The van der Waals surface area contributed by atoms with Gasteiger partial charge in [0.2, 0.25) is 0 Å². The van der Waals surface area contributed by atoms with E-state index in [4.69, 9.17) is 16.3 Å². The van der Waals surface area contributed by atoms with Crippen molar-refractivity contribution in [1.82, 2.24) is 4.90 Å². The van der Waals surface area contributed by atoms with Crippen LogP contribution in [0.15, 0.2) is 0 Å². The molecule has 0 rings (SSSR count). The van der Waals surface area contributed by atoms with Crippen LogP contribution in [-0.4, -0.2) is 49.3 Å². The molecule has 2 nitrogen and oxygen atoms in total. The summed E-state index contributed by atoms with van der Waals surface area (Å²) in [5, 5.41) is 0.